The fraction of sp³-hybridized carbons (Fsp3) is 0.125. The van der Waals surface area contributed by atoms with Gasteiger partial charge in [-0.05, 0) is 53.7 Å². The zero-order valence-electron chi connectivity index (χ0n) is 13.6. The second kappa shape index (κ2) is 7.10. The van der Waals surface area contributed by atoms with Crippen LogP contribution in [0.3, 0.4) is 0 Å². The number of rotatable bonds is 6. The fourth-order valence-corrected chi connectivity index (χ4v) is 3.19. The van der Waals surface area contributed by atoms with Crippen LogP contribution >= 0.6 is 0 Å². The van der Waals surface area contributed by atoms with Gasteiger partial charge in [0.25, 0.3) is 0 Å². The number of carbonyl (C=O) groups is 1. The van der Waals surface area contributed by atoms with E-state index in [4.69, 9.17) is 0 Å². The van der Waals surface area contributed by atoms with Crippen molar-refractivity contribution in [1.82, 2.24) is 24.9 Å². The average molecular weight is 375 g/mol. The van der Waals surface area contributed by atoms with Gasteiger partial charge in [0.05, 0.1) is 17.1 Å². The summed E-state index contributed by atoms with van der Waals surface area (Å²) in [4.78, 5) is 11.3. The van der Waals surface area contributed by atoms with Crippen LogP contribution in [0.1, 0.15) is 23.1 Å². The lowest BCUT2D eigenvalue weighted by Crippen LogP contribution is -2.25. The Hall–Kier alpha value is -2.98. The zero-order chi connectivity index (χ0) is 18.7. The minimum absolute atomic E-state index is 0.0170. The number of ketones is 1. The maximum absolute atomic E-state index is 13.0. The summed E-state index contributed by atoms with van der Waals surface area (Å²) in [5.74, 6) is -0.320. The Morgan fingerprint density at radius 3 is 2.38 bits per heavy atom. The first-order chi connectivity index (χ1) is 12.4. The van der Waals surface area contributed by atoms with Crippen LogP contribution < -0.4 is 4.72 Å². The van der Waals surface area contributed by atoms with E-state index < -0.39 is 15.8 Å². The molecular formula is C16H14FN5O3S. The van der Waals surface area contributed by atoms with Gasteiger partial charge >= 0.3 is 0 Å². The number of hydrogen-bond acceptors (Lipinski definition) is 6. The minimum atomic E-state index is -3.81. The van der Waals surface area contributed by atoms with Crippen LogP contribution in [0.25, 0.3) is 5.69 Å². The molecule has 26 heavy (non-hydrogen) atoms. The minimum Gasteiger partial charge on any atom is -0.295 e. The average Bonchev–Trinajstić information content (AvgIpc) is 3.09. The van der Waals surface area contributed by atoms with Crippen LogP contribution in [0.15, 0.2) is 53.4 Å². The summed E-state index contributed by atoms with van der Waals surface area (Å²) in [5, 5.41) is 11.1. The highest BCUT2D eigenvalue weighted by atomic mass is 32.2. The number of aromatic nitrogens is 4. The zero-order valence-corrected chi connectivity index (χ0v) is 14.4. The topological polar surface area (TPSA) is 107 Å². The maximum Gasteiger partial charge on any atom is 0.240 e. The second-order valence-corrected chi connectivity index (χ2v) is 7.16. The van der Waals surface area contributed by atoms with Crippen LogP contribution in [-0.2, 0) is 16.6 Å². The molecule has 0 aliphatic heterocycles. The molecule has 134 valence electrons. The number of Topliss-reactive ketones (excluding diaryl/α,β-unsaturated/α-hetero) is 1. The fourth-order valence-electron chi connectivity index (χ4n) is 2.21. The van der Waals surface area contributed by atoms with Crippen molar-refractivity contribution in [3.63, 3.8) is 0 Å². The predicted molar refractivity (Wildman–Crippen MR) is 89.6 cm³/mol. The molecule has 0 radical (unpaired) electrons. The van der Waals surface area contributed by atoms with E-state index >= 15 is 0 Å². The summed E-state index contributed by atoms with van der Waals surface area (Å²) in [6.07, 6.45) is 0. The van der Waals surface area contributed by atoms with Crippen LogP contribution in [-0.4, -0.2) is 34.4 Å². The molecule has 8 nitrogen and oxygen atoms in total. The normalized spacial score (nSPS) is 11.5. The molecule has 1 aromatic heterocycles. The Labute approximate surface area is 148 Å². The number of carbonyl (C=O) groups excluding carboxylic acids is 1. The molecule has 0 amide bonds. The van der Waals surface area contributed by atoms with Crippen molar-refractivity contribution in [2.45, 2.75) is 18.4 Å². The van der Waals surface area contributed by atoms with Crippen molar-refractivity contribution in [2.24, 2.45) is 0 Å². The van der Waals surface area contributed by atoms with Gasteiger partial charge in [-0.1, -0.05) is 12.1 Å². The Bertz CT molecular complexity index is 1030. The maximum atomic E-state index is 13.0. The van der Waals surface area contributed by atoms with Gasteiger partial charge in [-0.25, -0.2) is 17.5 Å². The van der Waals surface area contributed by atoms with E-state index in [9.17, 15) is 17.6 Å². The van der Waals surface area contributed by atoms with Crippen LogP contribution in [0.4, 0.5) is 4.39 Å². The standard InChI is InChI=1S/C16H14FN5O3S/c1-11(23)12-2-8-15(9-3-12)26(24,25)18-10-16-19-20-21-22(16)14-6-4-13(17)5-7-14/h2-9,18H,10H2,1H3. The first-order valence-electron chi connectivity index (χ1n) is 7.51. The molecule has 3 aromatic rings. The number of nitrogens with zero attached hydrogens (tertiary/aromatic N) is 4. The smallest absolute Gasteiger partial charge is 0.240 e. The van der Waals surface area contributed by atoms with Crippen molar-refractivity contribution in [3.8, 4) is 5.69 Å². The lowest BCUT2D eigenvalue weighted by molar-refractivity contribution is 0.101. The van der Waals surface area contributed by atoms with E-state index in [1.165, 1.54) is 60.1 Å². The summed E-state index contributed by atoms with van der Waals surface area (Å²) in [6, 6.07) is 11.0. The monoisotopic (exact) mass is 375 g/mol. The molecule has 0 atom stereocenters. The van der Waals surface area contributed by atoms with Crippen molar-refractivity contribution in [1.29, 1.82) is 0 Å². The highest BCUT2D eigenvalue weighted by Crippen LogP contribution is 2.13. The number of nitrogens with one attached hydrogen (secondary N) is 1. The lowest BCUT2D eigenvalue weighted by atomic mass is 10.2. The van der Waals surface area contributed by atoms with Gasteiger partial charge in [-0.2, -0.15) is 4.68 Å². The number of halogens is 1. The van der Waals surface area contributed by atoms with Gasteiger partial charge in [0.15, 0.2) is 11.6 Å². The molecule has 0 spiro atoms. The van der Waals surface area contributed by atoms with Gasteiger partial charge in [-0.15, -0.1) is 5.10 Å². The Balaban J connectivity index is 1.77. The lowest BCUT2D eigenvalue weighted by Gasteiger charge is -2.08. The van der Waals surface area contributed by atoms with E-state index in [0.29, 0.717) is 11.3 Å². The van der Waals surface area contributed by atoms with Crippen LogP contribution in [0, 0.1) is 5.82 Å². The summed E-state index contributed by atoms with van der Waals surface area (Å²) < 4.78 is 41.5. The molecule has 1 N–H and O–H groups in total. The van der Waals surface area contributed by atoms with Gasteiger partial charge in [-0.3, -0.25) is 4.79 Å². The van der Waals surface area contributed by atoms with E-state index in [2.05, 4.69) is 20.2 Å². The van der Waals surface area contributed by atoms with E-state index in [-0.39, 0.29) is 23.0 Å². The van der Waals surface area contributed by atoms with Crippen LogP contribution in [0.2, 0.25) is 0 Å². The van der Waals surface area contributed by atoms with E-state index in [1.807, 2.05) is 0 Å². The van der Waals surface area contributed by atoms with Crippen molar-refractivity contribution < 1.29 is 17.6 Å². The van der Waals surface area contributed by atoms with Gasteiger partial charge in [0.1, 0.15) is 5.82 Å². The van der Waals surface area contributed by atoms with Crippen molar-refractivity contribution in [2.75, 3.05) is 0 Å². The molecule has 0 fully saturated rings. The SMILES string of the molecule is CC(=O)c1ccc(S(=O)(=O)NCc2nnnn2-c2ccc(F)cc2)cc1. The summed E-state index contributed by atoms with van der Waals surface area (Å²) in [5.41, 5.74) is 0.917. The van der Waals surface area contributed by atoms with E-state index in [0.717, 1.165) is 0 Å². The van der Waals surface area contributed by atoms with Crippen molar-refractivity contribution >= 4 is 15.8 Å². The predicted octanol–water partition coefficient (Wildman–Crippen LogP) is 1.48. The molecule has 10 heteroatoms. The summed E-state index contributed by atoms with van der Waals surface area (Å²) in [7, 11) is -3.81. The Morgan fingerprint density at radius 2 is 1.77 bits per heavy atom. The molecular weight excluding hydrogens is 361 g/mol. The number of benzene rings is 2. The molecule has 2 aromatic carbocycles. The molecule has 3 rings (SSSR count). The molecule has 0 unspecified atom stereocenters. The first-order valence-corrected chi connectivity index (χ1v) is 8.99. The molecule has 0 saturated carbocycles. The van der Waals surface area contributed by atoms with Crippen LogP contribution in [0.5, 0.6) is 0 Å². The quantitative estimate of drug-likeness (QED) is 0.654. The molecule has 0 saturated heterocycles. The molecule has 0 aliphatic rings. The van der Waals surface area contributed by atoms with Gasteiger partial charge < -0.3 is 0 Å². The van der Waals surface area contributed by atoms with E-state index in [1.54, 1.807) is 0 Å². The van der Waals surface area contributed by atoms with Gasteiger partial charge in [0.2, 0.25) is 10.0 Å². The molecule has 0 aliphatic carbocycles. The summed E-state index contributed by atoms with van der Waals surface area (Å²) >= 11 is 0. The van der Waals surface area contributed by atoms with Crippen molar-refractivity contribution in [3.05, 3.63) is 65.7 Å². The highest BCUT2D eigenvalue weighted by Gasteiger charge is 2.17. The third kappa shape index (κ3) is 3.81. The summed E-state index contributed by atoms with van der Waals surface area (Å²) in [6.45, 7) is 1.23. The Kier molecular flexibility index (Phi) is 4.87. The third-order valence-corrected chi connectivity index (χ3v) is 5.01. The van der Waals surface area contributed by atoms with Gasteiger partial charge in [0, 0.05) is 5.56 Å². The number of hydrogen-bond donors (Lipinski definition) is 1. The highest BCUT2D eigenvalue weighted by molar-refractivity contribution is 7.89. The molecule has 0 bridgehead atoms. The third-order valence-electron chi connectivity index (χ3n) is 3.60. The Morgan fingerprint density at radius 1 is 1.12 bits per heavy atom. The molecule has 1 heterocycles. The second-order valence-electron chi connectivity index (χ2n) is 5.39. The largest absolute Gasteiger partial charge is 0.295 e. The first kappa shape index (κ1) is 17.8. The number of sulfonamides is 1. The number of tetrazole rings is 1.